The number of aromatic nitrogens is 2. The Labute approximate surface area is 153 Å². The van der Waals surface area contributed by atoms with E-state index in [2.05, 4.69) is 30.6 Å². The number of benzene rings is 1. The van der Waals surface area contributed by atoms with E-state index in [1.807, 2.05) is 32.9 Å². The Balaban J connectivity index is 1.66. The second kappa shape index (κ2) is 7.33. The van der Waals surface area contributed by atoms with Gasteiger partial charge in [-0.2, -0.15) is 0 Å². The molecule has 0 atom stereocenters. The fourth-order valence-electron chi connectivity index (χ4n) is 2.81. The zero-order valence-corrected chi connectivity index (χ0v) is 15.5. The molecular formula is C18H26FN7. The Bertz CT molecular complexity index is 734. The van der Waals surface area contributed by atoms with E-state index >= 15 is 0 Å². The summed E-state index contributed by atoms with van der Waals surface area (Å²) in [7, 11) is 0. The number of nitrogens with zero attached hydrogens (tertiary/aromatic N) is 4. The van der Waals surface area contributed by atoms with Crippen molar-refractivity contribution in [2.75, 3.05) is 47.1 Å². The number of rotatable bonds is 4. The summed E-state index contributed by atoms with van der Waals surface area (Å²) < 4.78 is 13.1. The lowest BCUT2D eigenvalue weighted by Crippen LogP contribution is -2.47. The molecule has 26 heavy (non-hydrogen) atoms. The van der Waals surface area contributed by atoms with Crippen LogP contribution in [0.1, 0.15) is 20.8 Å². The maximum atomic E-state index is 13.1. The van der Waals surface area contributed by atoms with Crippen LogP contribution in [0.5, 0.6) is 0 Å². The lowest BCUT2D eigenvalue weighted by atomic mass is 10.1. The summed E-state index contributed by atoms with van der Waals surface area (Å²) in [6.07, 6.45) is 1.52. The molecule has 8 heteroatoms. The summed E-state index contributed by atoms with van der Waals surface area (Å²) in [5.74, 6) is 1.09. The van der Waals surface area contributed by atoms with E-state index in [0.717, 1.165) is 37.7 Å². The number of anilines is 4. The van der Waals surface area contributed by atoms with Crippen LogP contribution in [-0.2, 0) is 0 Å². The van der Waals surface area contributed by atoms with E-state index in [1.165, 1.54) is 18.5 Å². The molecule has 1 aromatic heterocycles. The van der Waals surface area contributed by atoms with Gasteiger partial charge in [-0.3, -0.25) is 0 Å². The van der Waals surface area contributed by atoms with Gasteiger partial charge in [-0.15, -0.1) is 0 Å². The Morgan fingerprint density at radius 2 is 1.62 bits per heavy atom. The predicted octanol–water partition coefficient (Wildman–Crippen LogP) is 2.24. The number of hydrazine groups is 1. The topological polar surface area (TPSA) is 82.3 Å². The molecule has 1 fully saturated rings. The van der Waals surface area contributed by atoms with Crippen molar-refractivity contribution in [2.24, 2.45) is 0 Å². The molecule has 0 saturated carbocycles. The van der Waals surface area contributed by atoms with Crippen LogP contribution < -0.4 is 26.4 Å². The molecule has 140 valence electrons. The van der Waals surface area contributed by atoms with Crippen molar-refractivity contribution in [3.8, 4) is 0 Å². The quantitative estimate of drug-likeness (QED) is 0.722. The number of hydrogen-bond donors (Lipinski definition) is 3. The first-order valence-electron chi connectivity index (χ1n) is 8.72. The van der Waals surface area contributed by atoms with Gasteiger partial charge in [0.25, 0.3) is 0 Å². The van der Waals surface area contributed by atoms with Gasteiger partial charge in [0, 0.05) is 37.4 Å². The second-order valence-corrected chi connectivity index (χ2v) is 7.41. The molecule has 2 aromatic rings. The van der Waals surface area contributed by atoms with Crippen LogP contribution in [0, 0.1) is 5.82 Å². The van der Waals surface area contributed by atoms with Crippen LogP contribution in [-0.4, -0.2) is 41.7 Å². The van der Waals surface area contributed by atoms with Crippen LogP contribution in [0.3, 0.4) is 0 Å². The molecule has 1 aromatic carbocycles. The number of hydrogen-bond acceptors (Lipinski definition) is 7. The van der Waals surface area contributed by atoms with Gasteiger partial charge in [0.2, 0.25) is 0 Å². The van der Waals surface area contributed by atoms with Gasteiger partial charge in [-0.25, -0.2) is 19.8 Å². The standard InChI is InChI=1S/C18H26FN7/c1-18(2,3)24-23-16-15(20)17(22-12-21-16)26-10-8-25(9-11-26)14-6-4-13(19)5-7-14/h4-7,12,24H,8-11,20H2,1-3H3,(H,21,22,23). The SMILES string of the molecule is CC(C)(C)NNc1ncnc(N2CCN(c3ccc(F)cc3)CC2)c1N. The summed E-state index contributed by atoms with van der Waals surface area (Å²) in [4.78, 5) is 13.0. The lowest BCUT2D eigenvalue weighted by molar-refractivity contribution is 0.464. The van der Waals surface area contributed by atoms with Crippen molar-refractivity contribution in [1.82, 2.24) is 15.4 Å². The zero-order chi connectivity index (χ0) is 18.7. The highest BCUT2D eigenvalue weighted by molar-refractivity contribution is 5.75. The molecule has 0 bridgehead atoms. The molecule has 0 unspecified atom stereocenters. The molecule has 0 spiro atoms. The van der Waals surface area contributed by atoms with Gasteiger partial charge in [0.15, 0.2) is 11.6 Å². The van der Waals surface area contributed by atoms with Gasteiger partial charge in [-0.05, 0) is 45.0 Å². The van der Waals surface area contributed by atoms with Crippen molar-refractivity contribution < 1.29 is 4.39 Å². The third-order valence-electron chi connectivity index (χ3n) is 4.19. The zero-order valence-electron chi connectivity index (χ0n) is 15.5. The Morgan fingerprint density at radius 3 is 2.23 bits per heavy atom. The van der Waals surface area contributed by atoms with Crippen molar-refractivity contribution in [1.29, 1.82) is 0 Å². The average Bonchev–Trinajstić information content (AvgIpc) is 2.61. The first-order valence-corrected chi connectivity index (χ1v) is 8.72. The normalized spacial score (nSPS) is 15.2. The van der Waals surface area contributed by atoms with Crippen molar-refractivity contribution in [3.63, 3.8) is 0 Å². The van der Waals surface area contributed by atoms with Crippen molar-refractivity contribution in [2.45, 2.75) is 26.3 Å². The minimum Gasteiger partial charge on any atom is -0.393 e. The Hall–Kier alpha value is -2.61. The smallest absolute Gasteiger partial charge is 0.169 e. The summed E-state index contributed by atoms with van der Waals surface area (Å²) in [6, 6.07) is 6.60. The Kier molecular flexibility index (Phi) is 5.13. The Morgan fingerprint density at radius 1 is 1.00 bits per heavy atom. The summed E-state index contributed by atoms with van der Waals surface area (Å²) in [5.41, 5.74) is 14.0. The molecule has 2 heterocycles. The maximum Gasteiger partial charge on any atom is 0.169 e. The first-order chi connectivity index (χ1) is 12.3. The number of nitrogen functional groups attached to an aromatic ring is 1. The molecule has 0 radical (unpaired) electrons. The van der Waals surface area contributed by atoms with Gasteiger partial charge in [-0.1, -0.05) is 0 Å². The minimum absolute atomic E-state index is 0.113. The second-order valence-electron chi connectivity index (χ2n) is 7.41. The molecule has 4 N–H and O–H groups in total. The van der Waals surface area contributed by atoms with Crippen LogP contribution in [0.25, 0.3) is 0 Å². The molecule has 1 aliphatic rings. The van der Waals surface area contributed by atoms with E-state index in [-0.39, 0.29) is 11.4 Å². The van der Waals surface area contributed by atoms with Gasteiger partial charge in [0.1, 0.15) is 17.8 Å². The van der Waals surface area contributed by atoms with E-state index in [0.29, 0.717) is 11.5 Å². The van der Waals surface area contributed by atoms with Gasteiger partial charge < -0.3 is 21.0 Å². The first kappa shape index (κ1) is 18.2. The number of piperazine rings is 1. The third kappa shape index (κ3) is 4.32. The molecule has 7 nitrogen and oxygen atoms in total. The van der Waals surface area contributed by atoms with Gasteiger partial charge >= 0.3 is 0 Å². The number of nitrogens with one attached hydrogen (secondary N) is 2. The van der Waals surface area contributed by atoms with Crippen molar-refractivity contribution >= 4 is 23.0 Å². The van der Waals surface area contributed by atoms with E-state index < -0.39 is 0 Å². The fraction of sp³-hybridized carbons (Fsp3) is 0.444. The predicted molar refractivity (Wildman–Crippen MR) is 104 cm³/mol. The molecule has 1 aliphatic heterocycles. The van der Waals surface area contributed by atoms with Crippen LogP contribution in [0.4, 0.5) is 27.4 Å². The molecule has 1 saturated heterocycles. The highest BCUT2D eigenvalue weighted by Crippen LogP contribution is 2.27. The monoisotopic (exact) mass is 359 g/mol. The van der Waals surface area contributed by atoms with Crippen molar-refractivity contribution in [3.05, 3.63) is 36.4 Å². The van der Waals surface area contributed by atoms with Gasteiger partial charge in [0.05, 0.1) is 0 Å². The number of nitrogens with two attached hydrogens (primary N) is 1. The molecule has 0 aliphatic carbocycles. The molecule has 0 amide bonds. The van der Waals surface area contributed by atoms with E-state index in [4.69, 9.17) is 5.73 Å². The van der Waals surface area contributed by atoms with Crippen LogP contribution >= 0.6 is 0 Å². The molecule has 3 rings (SSSR count). The van der Waals surface area contributed by atoms with E-state index in [9.17, 15) is 4.39 Å². The highest BCUT2D eigenvalue weighted by atomic mass is 19.1. The third-order valence-corrected chi connectivity index (χ3v) is 4.19. The largest absolute Gasteiger partial charge is 0.393 e. The van der Waals surface area contributed by atoms with E-state index in [1.54, 1.807) is 0 Å². The summed E-state index contributed by atoms with van der Waals surface area (Å²) >= 11 is 0. The van der Waals surface area contributed by atoms with Crippen LogP contribution in [0.2, 0.25) is 0 Å². The van der Waals surface area contributed by atoms with Crippen LogP contribution in [0.15, 0.2) is 30.6 Å². The highest BCUT2D eigenvalue weighted by Gasteiger charge is 2.22. The average molecular weight is 359 g/mol. The lowest BCUT2D eigenvalue weighted by Gasteiger charge is -2.37. The molecular weight excluding hydrogens is 333 g/mol. The number of halogens is 1. The maximum absolute atomic E-state index is 13.1. The summed E-state index contributed by atoms with van der Waals surface area (Å²) in [6.45, 7) is 9.35. The summed E-state index contributed by atoms with van der Waals surface area (Å²) in [5, 5.41) is 0. The minimum atomic E-state index is -0.218. The fourth-order valence-corrected chi connectivity index (χ4v) is 2.81.